The standard InChI is InChI=1S/C16H32N6O2S2Si2/c1-27(2,13-25-9-5-6-17)24-28(3,4)14-26-16-19-10-15(11-20-16)12-23-8-7-21-22-18/h10-11H,5-9,12-14,17H2,1-4H3. The second-order valence-electron chi connectivity index (χ2n) is 7.49. The van der Waals surface area contributed by atoms with Gasteiger partial charge in [-0.3, -0.25) is 0 Å². The highest BCUT2D eigenvalue weighted by Gasteiger charge is 2.33. The maximum Gasteiger partial charge on any atom is 0.187 e. The van der Waals surface area contributed by atoms with E-state index in [1.54, 1.807) is 24.2 Å². The summed E-state index contributed by atoms with van der Waals surface area (Å²) in [5.74, 6) is 1.11. The zero-order valence-electron chi connectivity index (χ0n) is 17.3. The van der Waals surface area contributed by atoms with Crippen molar-refractivity contribution in [1.29, 1.82) is 0 Å². The van der Waals surface area contributed by atoms with Crippen LogP contribution in [0.25, 0.3) is 10.4 Å². The van der Waals surface area contributed by atoms with Gasteiger partial charge in [-0.15, -0.1) is 0 Å². The van der Waals surface area contributed by atoms with Crippen molar-refractivity contribution in [2.75, 3.05) is 36.2 Å². The van der Waals surface area contributed by atoms with Crippen molar-refractivity contribution in [3.05, 3.63) is 28.4 Å². The second-order valence-corrected chi connectivity index (χ2v) is 19.1. The van der Waals surface area contributed by atoms with Gasteiger partial charge in [0, 0.05) is 40.2 Å². The second kappa shape index (κ2) is 13.6. The SMILES string of the molecule is C[Si](C)(CSCCCN)O[Si](C)(C)CSc1ncc(COCCN=[N+]=[N-])cn1. The first kappa shape index (κ1) is 25.4. The number of thioether (sulfide) groups is 2. The minimum atomic E-state index is -1.80. The van der Waals surface area contributed by atoms with Gasteiger partial charge in [0.1, 0.15) is 0 Å². The fourth-order valence-corrected chi connectivity index (χ4v) is 15.0. The first-order valence-corrected chi connectivity index (χ1v) is 17.7. The molecule has 0 aliphatic carbocycles. The Morgan fingerprint density at radius 2 is 1.86 bits per heavy atom. The van der Waals surface area contributed by atoms with Gasteiger partial charge < -0.3 is 14.6 Å². The van der Waals surface area contributed by atoms with E-state index in [9.17, 15) is 0 Å². The van der Waals surface area contributed by atoms with Crippen molar-refractivity contribution in [2.24, 2.45) is 10.8 Å². The number of rotatable bonds is 15. The van der Waals surface area contributed by atoms with Crippen LogP contribution in [0, 0.1) is 0 Å². The van der Waals surface area contributed by atoms with Gasteiger partial charge in [-0.25, -0.2) is 9.97 Å². The lowest BCUT2D eigenvalue weighted by Crippen LogP contribution is -2.48. The number of ether oxygens (including phenoxy) is 1. The summed E-state index contributed by atoms with van der Waals surface area (Å²) in [6.45, 7) is 11.0. The van der Waals surface area contributed by atoms with Crippen molar-refractivity contribution in [1.82, 2.24) is 9.97 Å². The molecule has 0 unspecified atom stereocenters. The van der Waals surface area contributed by atoms with Crippen LogP contribution in [0.1, 0.15) is 12.0 Å². The maximum absolute atomic E-state index is 8.21. The number of azide groups is 1. The highest BCUT2D eigenvalue weighted by atomic mass is 32.2. The number of hydrogen-bond donors (Lipinski definition) is 1. The third kappa shape index (κ3) is 12.1. The van der Waals surface area contributed by atoms with Crippen LogP contribution in [0.3, 0.4) is 0 Å². The quantitative estimate of drug-likeness (QED) is 0.0799. The Labute approximate surface area is 178 Å². The van der Waals surface area contributed by atoms with E-state index in [0.717, 1.165) is 40.2 Å². The van der Waals surface area contributed by atoms with Crippen molar-refractivity contribution in [3.8, 4) is 0 Å². The first-order chi connectivity index (χ1) is 13.3. The van der Waals surface area contributed by atoms with E-state index in [4.69, 9.17) is 20.1 Å². The third-order valence-corrected chi connectivity index (χ3v) is 15.8. The molecule has 0 bridgehead atoms. The van der Waals surface area contributed by atoms with Gasteiger partial charge >= 0.3 is 0 Å². The molecule has 0 aliphatic rings. The molecule has 0 aliphatic heterocycles. The van der Waals surface area contributed by atoms with Crippen LogP contribution in [0.15, 0.2) is 22.7 Å². The van der Waals surface area contributed by atoms with E-state index in [2.05, 4.69) is 46.2 Å². The van der Waals surface area contributed by atoms with E-state index in [1.807, 2.05) is 11.8 Å². The predicted octanol–water partition coefficient (Wildman–Crippen LogP) is 3.98. The van der Waals surface area contributed by atoms with Crippen LogP contribution in [0.5, 0.6) is 0 Å². The summed E-state index contributed by atoms with van der Waals surface area (Å²) in [4.78, 5) is 11.5. The normalized spacial score (nSPS) is 12.0. The lowest BCUT2D eigenvalue weighted by Gasteiger charge is -2.33. The van der Waals surface area contributed by atoms with Gasteiger partial charge in [-0.1, -0.05) is 16.9 Å². The fourth-order valence-electron chi connectivity index (χ4n) is 2.38. The molecule has 1 aromatic rings. The van der Waals surface area contributed by atoms with Crippen molar-refractivity contribution in [3.63, 3.8) is 0 Å². The zero-order chi connectivity index (χ0) is 20.9. The monoisotopic (exact) mass is 460 g/mol. The molecule has 0 amide bonds. The van der Waals surface area contributed by atoms with Crippen LogP contribution >= 0.6 is 23.5 Å². The Morgan fingerprint density at radius 3 is 2.50 bits per heavy atom. The van der Waals surface area contributed by atoms with Crippen molar-refractivity contribution < 1.29 is 8.85 Å². The summed E-state index contributed by atoms with van der Waals surface area (Å²) in [7, 11) is -3.47. The molecule has 0 atom stereocenters. The highest BCUT2D eigenvalue weighted by Crippen LogP contribution is 2.24. The largest absolute Gasteiger partial charge is 0.454 e. The molecule has 1 aromatic heterocycles. The number of aromatic nitrogens is 2. The summed E-state index contributed by atoms with van der Waals surface area (Å²) in [5, 5.41) is 6.23. The number of nitrogens with two attached hydrogens (primary N) is 1. The predicted molar refractivity (Wildman–Crippen MR) is 123 cm³/mol. The molecule has 158 valence electrons. The minimum absolute atomic E-state index is 0.330. The number of hydrogen-bond acceptors (Lipinski definition) is 8. The van der Waals surface area contributed by atoms with E-state index in [1.165, 1.54) is 0 Å². The Morgan fingerprint density at radius 1 is 1.18 bits per heavy atom. The van der Waals surface area contributed by atoms with Crippen molar-refractivity contribution >= 4 is 40.2 Å². The van der Waals surface area contributed by atoms with E-state index in [0.29, 0.717) is 19.8 Å². The molecule has 1 heterocycles. The minimum Gasteiger partial charge on any atom is -0.454 e. The van der Waals surface area contributed by atoms with E-state index in [-0.39, 0.29) is 0 Å². The molecular formula is C16H32N6O2S2Si2. The van der Waals surface area contributed by atoms with Crippen LogP contribution in [0.4, 0.5) is 0 Å². The third-order valence-electron chi connectivity index (χ3n) is 3.39. The molecule has 0 aromatic carbocycles. The van der Waals surface area contributed by atoms with Crippen LogP contribution in [0.2, 0.25) is 26.2 Å². The van der Waals surface area contributed by atoms with E-state index < -0.39 is 16.6 Å². The summed E-state index contributed by atoms with van der Waals surface area (Å²) >= 11 is 3.63. The summed E-state index contributed by atoms with van der Waals surface area (Å²) in [5.41, 5.74) is 14.7. The average molecular weight is 461 g/mol. The van der Waals surface area contributed by atoms with Gasteiger partial charge in [-0.2, -0.15) is 11.8 Å². The Kier molecular flexibility index (Phi) is 12.4. The van der Waals surface area contributed by atoms with Gasteiger partial charge in [0.2, 0.25) is 0 Å². The molecule has 12 heteroatoms. The molecule has 1 rings (SSSR count). The molecule has 2 N–H and O–H groups in total. The van der Waals surface area contributed by atoms with Crippen LogP contribution in [-0.4, -0.2) is 62.8 Å². The van der Waals surface area contributed by atoms with Gasteiger partial charge in [0.25, 0.3) is 0 Å². The molecule has 0 saturated carbocycles. The topological polar surface area (TPSA) is 119 Å². The molecule has 0 saturated heterocycles. The molecule has 0 fully saturated rings. The lowest BCUT2D eigenvalue weighted by atomic mass is 10.4. The summed E-state index contributed by atoms with van der Waals surface area (Å²) in [6, 6.07) is 0. The zero-order valence-corrected chi connectivity index (χ0v) is 20.9. The Balaban J connectivity index is 2.39. The first-order valence-electron chi connectivity index (χ1n) is 9.28. The lowest BCUT2D eigenvalue weighted by molar-refractivity contribution is 0.127. The summed E-state index contributed by atoms with van der Waals surface area (Å²) < 4.78 is 12.0. The summed E-state index contributed by atoms with van der Waals surface area (Å²) in [6.07, 6.45) is 4.63. The Bertz CT molecular complexity index is 616. The molecule has 28 heavy (non-hydrogen) atoms. The molecule has 0 radical (unpaired) electrons. The number of nitrogens with zero attached hydrogens (tertiary/aromatic N) is 5. The van der Waals surface area contributed by atoms with Crippen molar-refractivity contribution in [2.45, 2.75) is 44.4 Å². The van der Waals surface area contributed by atoms with E-state index >= 15 is 0 Å². The molecular weight excluding hydrogens is 429 g/mol. The molecule has 8 nitrogen and oxygen atoms in total. The van der Waals surface area contributed by atoms with Gasteiger partial charge in [0.05, 0.1) is 13.2 Å². The molecule has 0 spiro atoms. The maximum atomic E-state index is 8.21. The Hall–Kier alpha value is -0.596. The van der Waals surface area contributed by atoms with Crippen LogP contribution < -0.4 is 5.73 Å². The fraction of sp³-hybridized carbons (Fsp3) is 0.750. The van der Waals surface area contributed by atoms with Gasteiger partial charge in [0.15, 0.2) is 21.8 Å². The average Bonchev–Trinajstić information content (AvgIpc) is 2.64. The van der Waals surface area contributed by atoms with Crippen LogP contribution in [-0.2, 0) is 15.5 Å². The smallest absolute Gasteiger partial charge is 0.187 e. The highest BCUT2D eigenvalue weighted by molar-refractivity contribution is 8.01. The van der Waals surface area contributed by atoms with Gasteiger partial charge in [-0.05, 0) is 50.4 Å².